The lowest BCUT2D eigenvalue weighted by Gasteiger charge is -2.03. The van der Waals surface area contributed by atoms with Gasteiger partial charge < -0.3 is 4.57 Å². The van der Waals surface area contributed by atoms with Crippen LogP contribution in [-0.4, -0.2) is 20.3 Å². The summed E-state index contributed by atoms with van der Waals surface area (Å²) in [5.41, 5.74) is 0.762. The molecule has 1 aromatic heterocycles. The number of fused-ring (bicyclic) bond motifs is 1. The summed E-state index contributed by atoms with van der Waals surface area (Å²) in [5, 5.41) is 22.1. The zero-order valence-corrected chi connectivity index (χ0v) is 15.9. The molecule has 0 fully saturated rings. The van der Waals surface area contributed by atoms with Gasteiger partial charge in [-0.3, -0.25) is 25.0 Å². The van der Waals surface area contributed by atoms with E-state index >= 15 is 0 Å². The number of hydrogen-bond donors (Lipinski definition) is 0. The van der Waals surface area contributed by atoms with Crippen molar-refractivity contribution in [1.29, 1.82) is 0 Å². The summed E-state index contributed by atoms with van der Waals surface area (Å²) in [6, 6.07) is 8.74. The Morgan fingerprint density at radius 1 is 1.11 bits per heavy atom. The third-order valence-corrected chi connectivity index (χ3v) is 5.09. The molecule has 10 heteroatoms. The van der Waals surface area contributed by atoms with E-state index in [-0.39, 0.29) is 5.56 Å². The van der Waals surface area contributed by atoms with Gasteiger partial charge in [0, 0.05) is 18.7 Å². The number of hydrogen-bond acceptors (Lipinski definition) is 6. The van der Waals surface area contributed by atoms with E-state index in [0.717, 1.165) is 40.4 Å². The van der Waals surface area contributed by atoms with Gasteiger partial charge in [-0.2, -0.15) is 4.99 Å². The Hall–Kier alpha value is -3.40. The van der Waals surface area contributed by atoms with Crippen molar-refractivity contribution in [3.63, 3.8) is 0 Å². The second-order valence-electron chi connectivity index (χ2n) is 6.18. The highest BCUT2D eigenvalue weighted by Crippen LogP contribution is 2.24. The van der Waals surface area contributed by atoms with E-state index in [4.69, 9.17) is 0 Å². The van der Waals surface area contributed by atoms with Crippen LogP contribution in [0.4, 0.5) is 11.4 Å². The molecule has 1 amide bonds. The number of carbonyl (C=O) groups is 1. The molecule has 0 atom stereocenters. The first-order valence-corrected chi connectivity index (χ1v) is 9.24. The molecule has 0 saturated carbocycles. The van der Waals surface area contributed by atoms with Gasteiger partial charge in [0.15, 0.2) is 4.80 Å². The first-order chi connectivity index (χ1) is 13.3. The van der Waals surface area contributed by atoms with Crippen molar-refractivity contribution >= 4 is 38.8 Å². The monoisotopic (exact) mass is 400 g/mol. The molecule has 0 aliphatic rings. The van der Waals surface area contributed by atoms with Crippen LogP contribution < -0.4 is 4.80 Å². The number of nitrogens with zero attached hydrogens (tertiary/aromatic N) is 4. The number of aromatic nitrogens is 1. The molecular weight excluding hydrogens is 384 g/mol. The third kappa shape index (κ3) is 3.81. The van der Waals surface area contributed by atoms with Crippen molar-refractivity contribution in [2.24, 2.45) is 4.99 Å². The van der Waals surface area contributed by atoms with Crippen LogP contribution >= 0.6 is 11.3 Å². The van der Waals surface area contributed by atoms with Crippen molar-refractivity contribution < 1.29 is 14.6 Å². The molecular formula is C18H16N4O5S. The molecule has 144 valence electrons. The third-order valence-electron chi connectivity index (χ3n) is 4.05. The summed E-state index contributed by atoms with van der Waals surface area (Å²) in [5.74, 6) is -0.764. The van der Waals surface area contributed by atoms with Crippen LogP contribution in [0.1, 0.15) is 29.3 Å². The van der Waals surface area contributed by atoms with Gasteiger partial charge in [-0.05, 0) is 31.0 Å². The van der Waals surface area contributed by atoms with Crippen molar-refractivity contribution in [1.82, 2.24) is 4.57 Å². The average Bonchev–Trinajstić information content (AvgIpc) is 2.97. The predicted octanol–water partition coefficient (Wildman–Crippen LogP) is 3.98. The minimum absolute atomic E-state index is 0.197. The molecule has 0 radical (unpaired) electrons. The van der Waals surface area contributed by atoms with E-state index in [1.807, 2.05) is 36.6 Å². The zero-order chi connectivity index (χ0) is 20.4. The number of rotatable bonds is 5. The predicted molar refractivity (Wildman–Crippen MR) is 104 cm³/mol. The normalized spacial score (nSPS) is 11.7. The largest absolute Gasteiger partial charge is 0.316 e. The molecule has 0 N–H and O–H groups in total. The molecule has 0 aliphatic heterocycles. The number of aryl methyl sites for hydroxylation is 2. The molecule has 0 bridgehead atoms. The molecule has 28 heavy (non-hydrogen) atoms. The Morgan fingerprint density at radius 3 is 2.32 bits per heavy atom. The zero-order valence-electron chi connectivity index (χ0n) is 15.1. The Labute approximate surface area is 162 Å². The molecule has 0 saturated heterocycles. The minimum Gasteiger partial charge on any atom is -0.316 e. The molecule has 2 aromatic carbocycles. The van der Waals surface area contributed by atoms with Gasteiger partial charge >= 0.3 is 0 Å². The van der Waals surface area contributed by atoms with Crippen molar-refractivity contribution in [2.75, 3.05) is 0 Å². The highest BCUT2D eigenvalue weighted by molar-refractivity contribution is 7.16. The second-order valence-corrected chi connectivity index (χ2v) is 7.19. The molecule has 3 rings (SSSR count). The first kappa shape index (κ1) is 19.4. The molecule has 1 heterocycles. The SMILES string of the molecule is CCCn1c(=NC(=O)c2cc([N+](=O)[O-])cc([N+](=O)[O-])c2)sc2cc(C)ccc21. The summed E-state index contributed by atoms with van der Waals surface area (Å²) in [6.07, 6.45) is 0.823. The van der Waals surface area contributed by atoms with Crippen LogP contribution in [0.5, 0.6) is 0 Å². The van der Waals surface area contributed by atoms with Crippen molar-refractivity contribution in [3.05, 3.63) is 72.6 Å². The number of thiazole rings is 1. The summed E-state index contributed by atoms with van der Waals surface area (Å²) in [7, 11) is 0. The van der Waals surface area contributed by atoms with Crippen LogP contribution in [0.3, 0.4) is 0 Å². The number of amides is 1. The van der Waals surface area contributed by atoms with Gasteiger partial charge in [-0.25, -0.2) is 0 Å². The van der Waals surface area contributed by atoms with Gasteiger partial charge in [0.05, 0.1) is 31.7 Å². The van der Waals surface area contributed by atoms with E-state index in [2.05, 4.69) is 4.99 Å². The van der Waals surface area contributed by atoms with Gasteiger partial charge in [0.25, 0.3) is 17.3 Å². The van der Waals surface area contributed by atoms with Gasteiger partial charge in [-0.15, -0.1) is 0 Å². The molecule has 9 nitrogen and oxygen atoms in total. The number of carbonyl (C=O) groups excluding carboxylic acids is 1. The molecule has 3 aromatic rings. The topological polar surface area (TPSA) is 121 Å². The van der Waals surface area contributed by atoms with Gasteiger partial charge in [0.2, 0.25) is 0 Å². The van der Waals surface area contributed by atoms with E-state index < -0.39 is 27.1 Å². The Bertz CT molecular complexity index is 1150. The highest BCUT2D eigenvalue weighted by atomic mass is 32.1. The smallest absolute Gasteiger partial charge is 0.280 e. The summed E-state index contributed by atoms with van der Waals surface area (Å²) < 4.78 is 2.87. The van der Waals surface area contributed by atoms with E-state index in [1.165, 1.54) is 11.3 Å². The highest BCUT2D eigenvalue weighted by Gasteiger charge is 2.20. The molecule has 0 unspecified atom stereocenters. The maximum absolute atomic E-state index is 12.6. The summed E-state index contributed by atoms with van der Waals surface area (Å²) in [4.78, 5) is 37.7. The Kier molecular flexibility index (Phi) is 5.32. The fourth-order valence-electron chi connectivity index (χ4n) is 2.79. The lowest BCUT2D eigenvalue weighted by molar-refractivity contribution is -0.394. The summed E-state index contributed by atoms with van der Waals surface area (Å²) in [6.45, 7) is 4.61. The number of non-ortho nitro benzene ring substituents is 2. The minimum atomic E-state index is -0.775. The number of benzene rings is 2. The lowest BCUT2D eigenvalue weighted by atomic mass is 10.1. The van der Waals surface area contributed by atoms with Gasteiger partial charge in [0.1, 0.15) is 0 Å². The van der Waals surface area contributed by atoms with Crippen LogP contribution in [-0.2, 0) is 6.54 Å². The standard InChI is InChI=1S/C18H16N4O5S/c1-3-6-20-15-5-4-11(2)7-16(15)28-18(20)19-17(23)12-8-13(21(24)25)10-14(9-12)22(26)27/h4-5,7-10H,3,6H2,1-2H3. The second kappa shape index (κ2) is 7.69. The first-order valence-electron chi connectivity index (χ1n) is 8.43. The van der Waals surface area contributed by atoms with Crippen molar-refractivity contribution in [3.8, 4) is 0 Å². The molecule has 0 spiro atoms. The van der Waals surface area contributed by atoms with E-state index in [0.29, 0.717) is 11.3 Å². The van der Waals surface area contributed by atoms with Crippen molar-refractivity contribution in [2.45, 2.75) is 26.8 Å². The quantitative estimate of drug-likeness (QED) is 0.474. The Morgan fingerprint density at radius 2 is 1.75 bits per heavy atom. The number of nitro benzene ring substituents is 2. The van der Waals surface area contributed by atoms with Crippen LogP contribution in [0, 0.1) is 27.2 Å². The summed E-state index contributed by atoms with van der Waals surface area (Å²) >= 11 is 1.33. The maximum atomic E-state index is 12.6. The fraction of sp³-hybridized carbons (Fsp3) is 0.222. The van der Waals surface area contributed by atoms with Crippen LogP contribution in [0.15, 0.2) is 41.4 Å². The van der Waals surface area contributed by atoms with Gasteiger partial charge in [-0.1, -0.05) is 24.3 Å². The maximum Gasteiger partial charge on any atom is 0.280 e. The average molecular weight is 400 g/mol. The Balaban J connectivity index is 2.16. The molecule has 0 aliphatic carbocycles. The number of nitro groups is 2. The van der Waals surface area contributed by atoms with Crippen LogP contribution in [0.2, 0.25) is 0 Å². The van der Waals surface area contributed by atoms with Crippen LogP contribution in [0.25, 0.3) is 10.2 Å². The van der Waals surface area contributed by atoms with E-state index in [1.54, 1.807) is 0 Å². The lowest BCUT2D eigenvalue weighted by Crippen LogP contribution is -2.17. The van der Waals surface area contributed by atoms with E-state index in [9.17, 15) is 25.0 Å². The fourth-order valence-corrected chi connectivity index (χ4v) is 3.94.